The van der Waals surface area contributed by atoms with Gasteiger partial charge in [-0.3, -0.25) is 0 Å². The van der Waals surface area contributed by atoms with Gasteiger partial charge in [0.25, 0.3) is 0 Å². The van der Waals surface area contributed by atoms with Crippen LogP contribution in [-0.2, 0) is 0 Å². The molecular weight excluding hydrogens is 182 g/mol. The van der Waals surface area contributed by atoms with E-state index in [0.29, 0.717) is 0 Å². The molecule has 1 aromatic heterocycles. The van der Waals surface area contributed by atoms with Gasteiger partial charge in [0, 0.05) is 9.79 Å². The average molecular weight is 191 g/mol. The molecule has 0 aromatic carbocycles. The molecule has 0 amide bonds. The van der Waals surface area contributed by atoms with E-state index < -0.39 is 0 Å². The third kappa shape index (κ3) is 1.59. The second-order valence-corrected chi connectivity index (χ2v) is 3.86. The van der Waals surface area contributed by atoms with Gasteiger partial charge in [-0.1, -0.05) is 11.2 Å². The fraction of sp³-hybridized carbons (Fsp3) is 0.333. The maximum Gasteiger partial charge on any atom is 0.0558 e. The lowest BCUT2D eigenvalue weighted by atomic mass is 10.2. The van der Waals surface area contributed by atoms with E-state index >= 15 is 0 Å². The summed E-state index contributed by atoms with van der Waals surface area (Å²) in [6.07, 6.45) is 5.74. The smallest absolute Gasteiger partial charge is 0.0558 e. The summed E-state index contributed by atoms with van der Waals surface area (Å²) in [4.78, 5) is 3.96. The van der Waals surface area contributed by atoms with Crippen LogP contribution in [0.3, 0.4) is 0 Å². The normalized spacial score (nSPS) is 15.2. The molecule has 0 radical (unpaired) electrons. The van der Waals surface area contributed by atoms with Crippen molar-refractivity contribution in [3.63, 3.8) is 0 Å². The number of rotatable bonds is 2. The minimum Gasteiger partial charge on any atom is -0.144 e. The van der Waals surface area contributed by atoms with Crippen LogP contribution in [0.5, 0.6) is 0 Å². The van der Waals surface area contributed by atoms with Crippen molar-refractivity contribution in [3.05, 3.63) is 32.8 Å². The number of azide groups is 1. The molecule has 1 aliphatic rings. The van der Waals surface area contributed by atoms with Crippen molar-refractivity contribution in [3.8, 4) is 0 Å². The molecule has 1 aromatic rings. The summed E-state index contributed by atoms with van der Waals surface area (Å²) in [7, 11) is 0. The third-order valence-electron chi connectivity index (χ3n) is 2.13. The van der Waals surface area contributed by atoms with E-state index in [9.17, 15) is 0 Å². The fourth-order valence-electron chi connectivity index (χ4n) is 1.55. The first-order chi connectivity index (χ1) is 6.42. The van der Waals surface area contributed by atoms with Crippen molar-refractivity contribution in [1.29, 1.82) is 0 Å². The van der Waals surface area contributed by atoms with E-state index in [1.807, 2.05) is 11.4 Å². The van der Waals surface area contributed by atoms with Crippen LogP contribution < -0.4 is 0 Å². The molecule has 4 heteroatoms. The summed E-state index contributed by atoms with van der Waals surface area (Å²) in [5, 5.41) is 5.63. The topological polar surface area (TPSA) is 48.8 Å². The Balaban J connectivity index is 2.38. The van der Waals surface area contributed by atoms with Gasteiger partial charge in [0.1, 0.15) is 0 Å². The largest absolute Gasteiger partial charge is 0.144 e. The quantitative estimate of drug-likeness (QED) is 0.381. The molecule has 0 N–H and O–H groups in total. The zero-order valence-corrected chi connectivity index (χ0v) is 7.92. The van der Waals surface area contributed by atoms with Crippen LogP contribution in [0.25, 0.3) is 16.0 Å². The Morgan fingerprint density at radius 2 is 2.46 bits per heavy atom. The second-order valence-electron chi connectivity index (χ2n) is 2.95. The van der Waals surface area contributed by atoms with E-state index in [1.54, 1.807) is 11.3 Å². The summed E-state index contributed by atoms with van der Waals surface area (Å²) in [6, 6.07) is 1.87. The van der Waals surface area contributed by atoms with Crippen LogP contribution in [0, 0.1) is 0 Å². The van der Waals surface area contributed by atoms with E-state index in [1.165, 1.54) is 12.0 Å². The second kappa shape index (κ2) is 3.64. The molecule has 0 bridgehead atoms. The number of hydrogen-bond donors (Lipinski definition) is 0. The van der Waals surface area contributed by atoms with Crippen molar-refractivity contribution < 1.29 is 0 Å². The maximum absolute atomic E-state index is 8.35. The molecule has 0 fully saturated rings. The van der Waals surface area contributed by atoms with Crippen molar-refractivity contribution >= 4 is 22.6 Å². The van der Waals surface area contributed by atoms with Gasteiger partial charge >= 0.3 is 0 Å². The first-order valence-corrected chi connectivity index (χ1v) is 5.12. The summed E-state index contributed by atoms with van der Waals surface area (Å²) >= 11 is 1.65. The fourth-order valence-corrected chi connectivity index (χ4v) is 2.45. The molecule has 13 heavy (non-hydrogen) atoms. The Hall–Kier alpha value is -1.25. The molecule has 2 rings (SSSR count). The molecule has 3 nitrogen and oxygen atoms in total. The van der Waals surface area contributed by atoms with Gasteiger partial charge in [0.2, 0.25) is 0 Å². The maximum atomic E-state index is 8.35. The standard InChI is InChI=1S/C9H9N3S/c10-12-11-8-5-6-13-9(8)7-3-1-2-4-7/h3,5-6H,1-2,4H2. The lowest BCUT2D eigenvalue weighted by Gasteiger charge is -1.97. The minimum absolute atomic E-state index is 0.778. The van der Waals surface area contributed by atoms with E-state index in [0.717, 1.165) is 23.4 Å². The highest BCUT2D eigenvalue weighted by Gasteiger charge is 2.11. The van der Waals surface area contributed by atoms with Crippen LogP contribution in [-0.4, -0.2) is 0 Å². The van der Waals surface area contributed by atoms with Gasteiger partial charge in [-0.15, -0.1) is 11.3 Å². The SMILES string of the molecule is [N-]=[N+]=Nc1ccsc1C1=CCCC1. The van der Waals surface area contributed by atoms with Crippen LogP contribution in [0.4, 0.5) is 5.69 Å². The number of nitrogens with zero attached hydrogens (tertiary/aromatic N) is 3. The Kier molecular flexibility index (Phi) is 2.34. The Morgan fingerprint density at radius 3 is 3.15 bits per heavy atom. The van der Waals surface area contributed by atoms with E-state index in [-0.39, 0.29) is 0 Å². The molecule has 0 saturated carbocycles. The highest BCUT2D eigenvalue weighted by molar-refractivity contribution is 7.11. The summed E-state index contributed by atoms with van der Waals surface area (Å²) in [6.45, 7) is 0. The van der Waals surface area contributed by atoms with Crippen molar-refractivity contribution in [2.24, 2.45) is 5.11 Å². The Morgan fingerprint density at radius 1 is 1.54 bits per heavy atom. The van der Waals surface area contributed by atoms with Gasteiger partial charge in [-0.25, -0.2) is 0 Å². The molecule has 0 aliphatic heterocycles. The van der Waals surface area contributed by atoms with Crippen molar-refractivity contribution in [2.75, 3.05) is 0 Å². The highest BCUT2D eigenvalue weighted by atomic mass is 32.1. The number of hydrogen-bond acceptors (Lipinski definition) is 2. The first-order valence-electron chi connectivity index (χ1n) is 4.24. The molecule has 1 aliphatic carbocycles. The van der Waals surface area contributed by atoms with Gasteiger partial charge < -0.3 is 0 Å². The highest BCUT2D eigenvalue weighted by Crippen LogP contribution is 2.37. The van der Waals surface area contributed by atoms with E-state index in [4.69, 9.17) is 5.53 Å². The number of thiophene rings is 1. The number of allylic oxidation sites excluding steroid dienone is 2. The predicted octanol–water partition coefficient (Wildman–Crippen LogP) is 4.26. The van der Waals surface area contributed by atoms with E-state index in [2.05, 4.69) is 16.1 Å². The molecular formula is C9H9N3S. The van der Waals surface area contributed by atoms with Crippen LogP contribution in [0.2, 0.25) is 0 Å². The summed E-state index contributed by atoms with van der Waals surface area (Å²) in [5.41, 5.74) is 10.5. The monoisotopic (exact) mass is 191 g/mol. The Bertz CT molecular complexity index is 385. The summed E-state index contributed by atoms with van der Waals surface area (Å²) in [5.74, 6) is 0. The molecule has 0 atom stereocenters. The molecule has 0 spiro atoms. The zero-order chi connectivity index (χ0) is 9.10. The minimum atomic E-state index is 0.778. The first kappa shape index (κ1) is 8.35. The van der Waals surface area contributed by atoms with Gasteiger partial charge in [0.15, 0.2) is 0 Å². The average Bonchev–Trinajstić information content (AvgIpc) is 2.71. The van der Waals surface area contributed by atoms with Crippen molar-refractivity contribution in [2.45, 2.75) is 19.3 Å². The van der Waals surface area contributed by atoms with Gasteiger partial charge in [-0.05, 0) is 41.8 Å². The lowest BCUT2D eigenvalue weighted by molar-refractivity contribution is 0.936. The lowest BCUT2D eigenvalue weighted by Crippen LogP contribution is -1.72. The predicted molar refractivity (Wildman–Crippen MR) is 55.0 cm³/mol. The zero-order valence-electron chi connectivity index (χ0n) is 7.10. The molecule has 0 unspecified atom stereocenters. The van der Waals surface area contributed by atoms with Crippen LogP contribution in [0.1, 0.15) is 24.1 Å². The molecule has 1 heterocycles. The van der Waals surface area contributed by atoms with Crippen LogP contribution in [0.15, 0.2) is 22.6 Å². The molecule has 0 saturated heterocycles. The summed E-state index contributed by atoms with van der Waals surface area (Å²) < 4.78 is 0. The third-order valence-corrected chi connectivity index (χ3v) is 3.11. The molecule has 66 valence electrons. The van der Waals surface area contributed by atoms with Crippen molar-refractivity contribution in [1.82, 2.24) is 0 Å². The Labute approximate surface area is 80.3 Å². The van der Waals surface area contributed by atoms with Gasteiger partial charge in [0.05, 0.1) is 5.69 Å². The van der Waals surface area contributed by atoms with Gasteiger partial charge in [-0.2, -0.15) is 0 Å². The van der Waals surface area contributed by atoms with Crippen LogP contribution >= 0.6 is 11.3 Å².